The van der Waals surface area contributed by atoms with E-state index in [-0.39, 0.29) is 0 Å². The van der Waals surface area contributed by atoms with Crippen molar-refractivity contribution in [1.82, 2.24) is 9.55 Å². The summed E-state index contributed by atoms with van der Waals surface area (Å²) in [4.78, 5) is 4.28. The summed E-state index contributed by atoms with van der Waals surface area (Å²) in [5.41, 5.74) is 1.04. The van der Waals surface area contributed by atoms with Crippen molar-refractivity contribution in [1.29, 1.82) is 0 Å². The molecule has 0 saturated heterocycles. The molecule has 0 aliphatic heterocycles. The second kappa shape index (κ2) is 2.31. The summed E-state index contributed by atoms with van der Waals surface area (Å²) in [6.07, 6.45) is 3.87. The van der Waals surface area contributed by atoms with Crippen molar-refractivity contribution < 1.29 is 0 Å². The van der Waals surface area contributed by atoms with Crippen LogP contribution in [-0.2, 0) is 7.05 Å². The topological polar surface area (TPSA) is 17.8 Å². The van der Waals surface area contributed by atoms with E-state index in [0.717, 1.165) is 11.0 Å². The molecule has 3 heteroatoms. The second-order valence-corrected chi connectivity index (χ2v) is 3.27. The summed E-state index contributed by atoms with van der Waals surface area (Å²) in [6, 6.07) is 4.17. The van der Waals surface area contributed by atoms with Crippen molar-refractivity contribution in [2.45, 2.75) is 0 Å². The Morgan fingerprint density at radius 1 is 1.55 bits per heavy atom. The van der Waals surface area contributed by atoms with Crippen molar-refractivity contribution >= 4 is 25.6 Å². The Morgan fingerprint density at radius 3 is 3.18 bits per heavy atom. The minimum absolute atomic E-state index is 1.04. The highest BCUT2D eigenvalue weighted by atomic mass is 31.0. The molecular weight excluding hydrogens is 155 g/mol. The quantitative estimate of drug-likeness (QED) is 0.532. The van der Waals surface area contributed by atoms with Gasteiger partial charge in [-0.25, -0.2) is 4.98 Å². The van der Waals surface area contributed by atoms with Gasteiger partial charge in [-0.1, -0.05) is 0 Å². The van der Waals surface area contributed by atoms with Gasteiger partial charge in [-0.05, 0) is 17.4 Å². The molecule has 0 aromatic carbocycles. The van der Waals surface area contributed by atoms with Crippen molar-refractivity contribution in [3.63, 3.8) is 0 Å². The molecule has 0 bridgehead atoms. The van der Waals surface area contributed by atoms with Crippen LogP contribution < -0.4 is 5.30 Å². The van der Waals surface area contributed by atoms with Gasteiger partial charge in [0.1, 0.15) is 5.65 Å². The first kappa shape index (κ1) is 6.81. The van der Waals surface area contributed by atoms with Crippen molar-refractivity contribution in [3.8, 4) is 0 Å². The molecule has 0 saturated carbocycles. The fourth-order valence-electron chi connectivity index (χ4n) is 1.17. The Morgan fingerprint density at radius 2 is 2.36 bits per heavy atom. The Kier molecular flexibility index (Phi) is 1.43. The zero-order chi connectivity index (χ0) is 7.84. The van der Waals surface area contributed by atoms with Crippen LogP contribution in [0.4, 0.5) is 0 Å². The molecule has 0 radical (unpaired) electrons. The van der Waals surface area contributed by atoms with Crippen molar-refractivity contribution in [2.75, 3.05) is 0 Å². The van der Waals surface area contributed by atoms with E-state index in [1.807, 2.05) is 24.0 Å². The molecule has 2 rings (SSSR count). The summed E-state index contributed by atoms with van der Waals surface area (Å²) in [5, 5.41) is 2.32. The van der Waals surface area contributed by atoms with Gasteiger partial charge >= 0.3 is 0 Å². The van der Waals surface area contributed by atoms with Gasteiger partial charge in [0.2, 0.25) is 0 Å². The van der Waals surface area contributed by atoms with Crippen LogP contribution in [0.5, 0.6) is 0 Å². The predicted octanol–water partition coefficient (Wildman–Crippen LogP) is 1.07. The van der Waals surface area contributed by atoms with Crippen LogP contribution in [0.2, 0.25) is 0 Å². The van der Waals surface area contributed by atoms with E-state index in [2.05, 4.69) is 26.4 Å². The van der Waals surface area contributed by atoms with Gasteiger partial charge in [0, 0.05) is 24.8 Å². The second-order valence-electron chi connectivity index (χ2n) is 2.61. The van der Waals surface area contributed by atoms with E-state index in [4.69, 9.17) is 0 Å². The summed E-state index contributed by atoms with van der Waals surface area (Å²) >= 11 is 0. The molecule has 0 aliphatic carbocycles. The molecule has 0 spiro atoms. The van der Waals surface area contributed by atoms with Gasteiger partial charge in [-0.15, -0.1) is 9.24 Å². The maximum atomic E-state index is 4.28. The maximum absolute atomic E-state index is 4.28. The molecule has 0 amide bonds. The Balaban J connectivity index is 2.86. The zero-order valence-corrected chi connectivity index (χ0v) is 7.44. The fraction of sp³-hybridized carbons (Fsp3) is 0.125. The lowest BCUT2D eigenvalue weighted by molar-refractivity contribution is 0.949. The third-order valence-electron chi connectivity index (χ3n) is 1.73. The summed E-state index contributed by atoms with van der Waals surface area (Å²) in [5.74, 6) is 0. The summed E-state index contributed by atoms with van der Waals surface area (Å²) < 4.78 is 2.01. The summed E-state index contributed by atoms with van der Waals surface area (Å²) in [6.45, 7) is 0. The normalized spacial score (nSPS) is 10.7. The van der Waals surface area contributed by atoms with Gasteiger partial charge in [-0.3, -0.25) is 0 Å². The molecular formula is C8H9N2P. The number of nitrogens with zero attached hydrogens (tertiary/aromatic N) is 2. The lowest BCUT2D eigenvalue weighted by atomic mass is 10.3. The van der Waals surface area contributed by atoms with Gasteiger partial charge in [0.25, 0.3) is 0 Å². The van der Waals surface area contributed by atoms with E-state index in [9.17, 15) is 0 Å². The van der Waals surface area contributed by atoms with E-state index in [0.29, 0.717) is 0 Å². The highest BCUT2D eigenvalue weighted by Crippen LogP contribution is 2.09. The third-order valence-corrected chi connectivity index (χ3v) is 2.04. The summed E-state index contributed by atoms with van der Waals surface area (Å²) in [7, 11) is 4.64. The maximum Gasteiger partial charge on any atom is 0.139 e. The molecule has 1 atom stereocenters. The number of hydrogen-bond acceptors (Lipinski definition) is 1. The van der Waals surface area contributed by atoms with Crippen LogP contribution in [0.1, 0.15) is 0 Å². The van der Waals surface area contributed by atoms with E-state index < -0.39 is 0 Å². The lowest BCUT2D eigenvalue weighted by Crippen LogP contribution is -1.93. The molecule has 0 N–H and O–H groups in total. The minimum atomic E-state index is 1.04. The van der Waals surface area contributed by atoms with Gasteiger partial charge in [-0.2, -0.15) is 0 Å². The number of fused-ring (bicyclic) bond motifs is 1. The molecule has 56 valence electrons. The molecule has 0 fully saturated rings. The van der Waals surface area contributed by atoms with Gasteiger partial charge in [0.05, 0.1) is 0 Å². The molecule has 0 aliphatic rings. The standard InChI is InChI=1S/C8H9N2P/c1-10-3-2-6-4-7(11)5-9-8(6)10/h2-5H,11H2,1H3. The van der Waals surface area contributed by atoms with Gasteiger partial charge in [0.15, 0.2) is 0 Å². The van der Waals surface area contributed by atoms with Crippen LogP contribution in [0, 0.1) is 0 Å². The first-order valence-electron chi connectivity index (χ1n) is 3.44. The highest BCUT2D eigenvalue weighted by molar-refractivity contribution is 7.27. The Bertz CT molecular complexity index is 392. The van der Waals surface area contributed by atoms with Crippen LogP contribution in [0.25, 0.3) is 11.0 Å². The lowest BCUT2D eigenvalue weighted by Gasteiger charge is -1.94. The Labute approximate surface area is 67.4 Å². The number of rotatable bonds is 0. The number of aromatic nitrogens is 2. The third kappa shape index (κ3) is 1.04. The van der Waals surface area contributed by atoms with E-state index in [1.54, 1.807) is 0 Å². The SMILES string of the molecule is Cn1ccc2cc(P)cnc21. The molecule has 2 nitrogen and oxygen atoms in total. The van der Waals surface area contributed by atoms with Crippen LogP contribution in [0.15, 0.2) is 24.5 Å². The van der Waals surface area contributed by atoms with E-state index >= 15 is 0 Å². The van der Waals surface area contributed by atoms with Crippen LogP contribution in [0.3, 0.4) is 0 Å². The van der Waals surface area contributed by atoms with Crippen LogP contribution in [-0.4, -0.2) is 9.55 Å². The monoisotopic (exact) mass is 164 g/mol. The highest BCUT2D eigenvalue weighted by Gasteiger charge is 1.97. The molecule has 2 aromatic rings. The molecule has 2 heterocycles. The van der Waals surface area contributed by atoms with E-state index in [1.165, 1.54) is 5.39 Å². The Hall–Kier alpha value is -0.880. The number of aryl methyl sites for hydroxylation is 1. The number of pyridine rings is 1. The minimum Gasteiger partial charge on any atom is -0.336 e. The van der Waals surface area contributed by atoms with Gasteiger partial charge < -0.3 is 4.57 Å². The first-order valence-corrected chi connectivity index (χ1v) is 4.01. The van der Waals surface area contributed by atoms with Crippen LogP contribution >= 0.6 is 9.24 Å². The fourth-order valence-corrected chi connectivity index (χ4v) is 1.43. The molecule has 1 unspecified atom stereocenters. The smallest absolute Gasteiger partial charge is 0.139 e. The molecule has 2 aromatic heterocycles. The number of hydrogen-bond donors (Lipinski definition) is 0. The predicted molar refractivity (Wildman–Crippen MR) is 50.1 cm³/mol. The van der Waals surface area contributed by atoms with Crippen molar-refractivity contribution in [2.24, 2.45) is 7.05 Å². The average molecular weight is 164 g/mol. The molecule has 11 heavy (non-hydrogen) atoms. The average Bonchev–Trinajstić information content (AvgIpc) is 2.32. The first-order chi connectivity index (χ1) is 5.27. The largest absolute Gasteiger partial charge is 0.336 e. The van der Waals surface area contributed by atoms with Crippen molar-refractivity contribution in [3.05, 3.63) is 24.5 Å². The zero-order valence-electron chi connectivity index (χ0n) is 6.28.